The van der Waals surface area contributed by atoms with Crippen molar-refractivity contribution in [1.82, 2.24) is 15.1 Å². The average Bonchev–Trinajstić information content (AvgIpc) is 3.20. The van der Waals surface area contributed by atoms with Gasteiger partial charge in [-0.25, -0.2) is 0 Å². The SMILES string of the molecule is CC1NCCN(CCCN2CCC3(CC3)[C@H](O)C2)C1=O.Cl.Cl. The Hall–Kier alpha value is -0.0700. The molecule has 3 fully saturated rings. The molecule has 2 aliphatic heterocycles. The monoisotopic (exact) mass is 353 g/mol. The van der Waals surface area contributed by atoms with Gasteiger partial charge >= 0.3 is 0 Å². The lowest BCUT2D eigenvalue weighted by Crippen LogP contribution is -2.54. The summed E-state index contributed by atoms with van der Waals surface area (Å²) in [4.78, 5) is 16.3. The van der Waals surface area contributed by atoms with Crippen LogP contribution in [-0.2, 0) is 4.79 Å². The van der Waals surface area contributed by atoms with Gasteiger partial charge in [0, 0.05) is 26.2 Å². The molecule has 2 N–H and O–H groups in total. The highest BCUT2D eigenvalue weighted by Crippen LogP contribution is 2.53. The molecule has 2 atom stereocenters. The molecule has 1 aliphatic carbocycles. The van der Waals surface area contributed by atoms with Crippen LogP contribution >= 0.6 is 24.8 Å². The van der Waals surface area contributed by atoms with Crippen LogP contribution in [0.4, 0.5) is 0 Å². The van der Waals surface area contributed by atoms with Crippen molar-refractivity contribution in [1.29, 1.82) is 0 Å². The number of nitrogens with zero attached hydrogens (tertiary/aromatic N) is 2. The molecule has 2 heterocycles. The number of aliphatic hydroxyl groups excluding tert-OH is 1. The van der Waals surface area contributed by atoms with Crippen LogP contribution in [0.3, 0.4) is 0 Å². The number of carbonyl (C=O) groups is 1. The van der Waals surface area contributed by atoms with E-state index in [2.05, 4.69) is 10.2 Å². The van der Waals surface area contributed by atoms with Gasteiger partial charge in [0.1, 0.15) is 0 Å². The molecule has 2 saturated heterocycles. The predicted molar refractivity (Wildman–Crippen MR) is 91.9 cm³/mol. The van der Waals surface area contributed by atoms with Gasteiger partial charge in [-0.05, 0) is 51.1 Å². The third-order valence-electron chi connectivity index (χ3n) is 5.37. The summed E-state index contributed by atoms with van der Waals surface area (Å²) in [6.07, 6.45) is 4.47. The van der Waals surface area contributed by atoms with E-state index < -0.39 is 0 Å². The molecular weight excluding hydrogens is 325 g/mol. The van der Waals surface area contributed by atoms with Gasteiger partial charge in [-0.15, -0.1) is 24.8 Å². The zero-order valence-electron chi connectivity index (χ0n) is 13.3. The fourth-order valence-corrected chi connectivity index (χ4v) is 3.62. The Morgan fingerprint density at radius 2 is 1.95 bits per heavy atom. The van der Waals surface area contributed by atoms with Crippen LogP contribution in [0.5, 0.6) is 0 Å². The molecule has 0 bridgehead atoms. The van der Waals surface area contributed by atoms with Gasteiger partial charge < -0.3 is 20.2 Å². The van der Waals surface area contributed by atoms with Crippen molar-refractivity contribution in [2.24, 2.45) is 5.41 Å². The molecule has 1 amide bonds. The van der Waals surface area contributed by atoms with Crippen molar-refractivity contribution < 1.29 is 9.90 Å². The lowest BCUT2D eigenvalue weighted by Gasteiger charge is -2.37. The summed E-state index contributed by atoms with van der Waals surface area (Å²) in [5, 5.41) is 13.4. The van der Waals surface area contributed by atoms with Crippen LogP contribution in [-0.4, -0.2) is 72.2 Å². The standard InChI is InChI=1S/C15H27N3O2.2ClH/c1-12-14(20)18(10-6-16-12)8-2-7-17-9-5-15(3-4-15)13(19)11-17;;/h12-13,16,19H,2-11H2,1H3;2*1H/t12?,13-;;/m1../s1. The maximum atomic E-state index is 12.0. The summed E-state index contributed by atoms with van der Waals surface area (Å²) in [6, 6.07) is -0.0321. The summed E-state index contributed by atoms with van der Waals surface area (Å²) in [5.74, 6) is 0.229. The van der Waals surface area contributed by atoms with Gasteiger partial charge in [-0.3, -0.25) is 4.79 Å². The van der Waals surface area contributed by atoms with E-state index >= 15 is 0 Å². The molecule has 3 aliphatic rings. The minimum atomic E-state index is -0.128. The third-order valence-corrected chi connectivity index (χ3v) is 5.37. The second-order valence-electron chi connectivity index (χ2n) is 6.78. The van der Waals surface area contributed by atoms with E-state index in [4.69, 9.17) is 0 Å². The number of carbonyl (C=O) groups excluding carboxylic acids is 1. The van der Waals surface area contributed by atoms with E-state index in [0.717, 1.165) is 52.1 Å². The van der Waals surface area contributed by atoms with Crippen molar-refractivity contribution in [3.8, 4) is 0 Å². The highest BCUT2D eigenvalue weighted by molar-refractivity contribution is 5.85. The van der Waals surface area contributed by atoms with E-state index in [1.165, 1.54) is 12.8 Å². The summed E-state index contributed by atoms with van der Waals surface area (Å²) in [6.45, 7) is 7.45. The molecule has 0 aromatic carbocycles. The molecule has 1 saturated carbocycles. The molecule has 5 nitrogen and oxygen atoms in total. The first-order valence-corrected chi connectivity index (χ1v) is 8.03. The van der Waals surface area contributed by atoms with Crippen molar-refractivity contribution in [3.63, 3.8) is 0 Å². The summed E-state index contributed by atoms with van der Waals surface area (Å²) < 4.78 is 0. The molecule has 0 aromatic rings. The molecule has 1 unspecified atom stereocenters. The fourth-order valence-electron chi connectivity index (χ4n) is 3.62. The summed E-state index contributed by atoms with van der Waals surface area (Å²) in [7, 11) is 0. The van der Waals surface area contributed by atoms with Gasteiger partial charge in [0.25, 0.3) is 0 Å². The Morgan fingerprint density at radius 1 is 1.23 bits per heavy atom. The van der Waals surface area contributed by atoms with E-state index in [1.807, 2.05) is 11.8 Å². The maximum Gasteiger partial charge on any atom is 0.239 e. The highest BCUT2D eigenvalue weighted by atomic mass is 35.5. The van der Waals surface area contributed by atoms with Gasteiger partial charge in [0.2, 0.25) is 5.91 Å². The number of hydrogen-bond donors (Lipinski definition) is 2. The first-order chi connectivity index (χ1) is 9.61. The number of rotatable bonds is 4. The number of piperazine rings is 1. The summed E-state index contributed by atoms with van der Waals surface area (Å²) in [5.41, 5.74) is 0.292. The molecule has 0 aromatic heterocycles. The first-order valence-electron chi connectivity index (χ1n) is 8.03. The van der Waals surface area contributed by atoms with Crippen LogP contribution in [0, 0.1) is 5.41 Å². The number of aliphatic hydroxyl groups is 1. The lowest BCUT2D eigenvalue weighted by molar-refractivity contribution is -0.135. The molecular formula is C15H29Cl2N3O2. The summed E-state index contributed by atoms with van der Waals surface area (Å²) >= 11 is 0. The number of likely N-dealkylation sites (tertiary alicyclic amines) is 1. The van der Waals surface area contributed by atoms with Crippen LogP contribution < -0.4 is 5.32 Å². The van der Waals surface area contributed by atoms with Gasteiger partial charge in [0.05, 0.1) is 12.1 Å². The Balaban J connectivity index is 0.00000121. The number of hydrogen-bond acceptors (Lipinski definition) is 4. The predicted octanol–water partition coefficient (Wildman–Crippen LogP) is 0.887. The topological polar surface area (TPSA) is 55.8 Å². The Labute approximate surface area is 145 Å². The smallest absolute Gasteiger partial charge is 0.239 e. The molecule has 7 heteroatoms. The Morgan fingerprint density at radius 3 is 2.59 bits per heavy atom. The number of β-amino-alcohol motifs (C(OH)–C–C–N with tert-alkyl or cyclic N) is 1. The largest absolute Gasteiger partial charge is 0.391 e. The Kier molecular flexibility index (Phi) is 7.40. The normalized spacial score (nSPS) is 30.6. The maximum absolute atomic E-state index is 12.0. The van der Waals surface area contributed by atoms with Gasteiger partial charge in [-0.1, -0.05) is 0 Å². The Bertz CT molecular complexity index is 380. The first kappa shape index (κ1) is 20.0. The highest BCUT2D eigenvalue weighted by Gasteiger charge is 2.50. The minimum absolute atomic E-state index is 0. The van der Waals surface area contributed by atoms with E-state index in [-0.39, 0.29) is 42.9 Å². The molecule has 22 heavy (non-hydrogen) atoms. The lowest BCUT2D eigenvalue weighted by atomic mass is 9.90. The average molecular weight is 354 g/mol. The van der Waals surface area contributed by atoms with E-state index in [0.29, 0.717) is 5.41 Å². The van der Waals surface area contributed by atoms with Crippen molar-refractivity contribution in [3.05, 3.63) is 0 Å². The van der Waals surface area contributed by atoms with Crippen LogP contribution in [0.1, 0.15) is 32.6 Å². The second-order valence-corrected chi connectivity index (χ2v) is 6.78. The molecule has 1 spiro atoms. The fraction of sp³-hybridized carbons (Fsp3) is 0.933. The minimum Gasteiger partial charge on any atom is -0.391 e. The van der Waals surface area contributed by atoms with Crippen LogP contribution in [0.25, 0.3) is 0 Å². The molecule has 130 valence electrons. The van der Waals surface area contributed by atoms with Crippen molar-refractivity contribution in [2.75, 3.05) is 39.3 Å². The van der Waals surface area contributed by atoms with Gasteiger partial charge in [0.15, 0.2) is 0 Å². The van der Waals surface area contributed by atoms with Gasteiger partial charge in [-0.2, -0.15) is 0 Å². The third kappa shape index (κ3) is 4.26. The van der Waals surface area contributed by atoms with Crippen molar-refractivity contribution >= 4 is 30.7 Å². The zero-order valence-corrected chi connectivity index (χ0v) is 14.9. The number of piperidine rings is 1. The molecule has 3 rings (SSSR count). The van der Waals surface area contributed by atoms with Crippen LogP contribution in [0.2, 0.25) is 0 Å². The molecule has 0 radical (unpaired) electrons. The van der Waals surface area contributed by atoms with E-state index in [9.17, 15) is 9.90 Å². The second kappa shape index (κ2) is 8.15. The quantitative estimate of drug-likeness (QED) is 0.787. The number of halogens is 2. The zero-order chi connectivity index (χ0) is 14.2. The van der Waals surface area contributed by atoms with Crippen molar-refractivity contribution in [2.45, 2.75) is 44.8 Å². The number of nitrogens with one attached hydrogen (secondary N) is 1. The van der Waals surface area contributed by atoms with Crippen LogP contribution in [0.15, 0.2) is 0 Å². The van der Waals surface area contributed by atoms with E-state index in [1.54, 1.807) is 0 Å². The number of amides is 1.